The molecule has 0 aliphatic carbocycles. The standard InChI is InChI=1S/C18H20ClN3S2/c1-21(2)15-9-5-13(6-10-15)17-20-18(24(19)23-17)14-7-11-16(12-8-14)22(3)4/h5-12H,1-4H3. The van der Waals surface area contributed by atoms with E-state index in [9.17, 15) is 0 Å². The van der Waals surface area contributed by atoms with Crippen LogP contribution >= 0.6 is 30.2 Å². The van der Waals surface area contributed by atoms with Gasteiger partial charge in [-0.15, -0.1) is 0 Å². The Balaban J connectivity index is 1.86. The summed E-state index contributed by atoms with van der Waals surface area (Å²) < 4.78 is 0. The quantitative estimate of drug-likeness (QED) is 0.561. The molecule has 3 nitrogen and oxygen atoms in total. The summed E-state index contributed by atoms with van der Waals surface area (Å²) in [6.45, 7) is 0. The van der Waals surface area contributed by atoms with E-state index in [2.05, 4.69) is 58.3 Å². The molecule has 0 N–H and O–H groups in total. The van der Waals surface area contributed by atoms with Gasteiger partial charge in [0.05, 0.1) is 0 Å². The van der Waals surface area contributed by atoms with Crippen LogP contribution in [-0.4, -0.2) is 38.2 Å². The first kappa shape index (κ1) is 17.4. The highest BCUT2D eigenvalue weighted by atomic mass is 35.7. The minimum Gasteiger partial charge on any atom is -0.378 e. The van der Waals surface area contributed by atoms with E-state index in [4.69, 9.17) is 15.7 Å². The van der Waals surface area contributed by atoms with Gasteiger partial charge in [-0.1, -0.05) is 24.3 Å². The summed E-state index contributed by atoms with van der Waals surface area (Å²) in [5.41, 5.74) is 4.55. The second-order valence-electron chi connectivity index (χ2n) is 5.91. The summed E-state index contributed by atoms with van der Waals surface area (Å²) in [5, 5.41) is 0.991. The van der Waals surface area contributed by atoms with Crippen molar-refractivity contribution in [2.24, 2.45) is 4.99 Å². The highest BCUT2D eigenvalue weighted by Gasteiger charge is 2.19. The van der Waals surface area contributed by atoms with E-state index in [1.807, 2.05) is 28.2 Å². The molecule has 1 unspecified atom stereocenters. The second kappa shape index (κ2) is 7.21. The number of nitrogens with zero attached hydrogens (tertiary/aromatic N) is 3. The van der Waals surface area contributed by atoms with Gasteiger partial charge < -0.3 is 9.80 Å². The fourth-order valence-corrected chi connectivity index (χ4v) is 5.81. The highest BCUT2D eigenvalue weighted by molar-refractivity contribution is 8.97. The Hall–Kier alpha value is -1.43. The fourth-order valence-electron chi connectivity index (χ4n) is 2.33. The van der Waals surface area contributed by atoms with Crippen LogP contribution in [0.25, 0.3) is 0 Å². The molecule has 1 heterocycles. The van der Waals surface area contributed by atoms with Gasteiger partial charge in [0.15, 0.2) is 0 Å². The van der Waals surface area contributed by atoms with E-state index >= 15 is 0 Å². The predicted molar refractivity (Wildman–Crippen MR) is 113 cm³/mol. The Bertz CT molecular complexity index is 794. The van der Waals surface area contributed by atoms with Crippen molar-refractivity contribution in [2.75, 3.05) is 38.0 Å². The molecule has 1 aliphatic rings. The number of aliphatic imine (C=N–C) groups is 1. The lowest BCUT2D eigenvalue weighted by Crippen LogP contribution is -2.08. The van der Waals surface area contributed by atoms with Crippen molar-refractivity contribution in [3.8, 4) is 0 Å². The first-order valence-corrected chi connectivity index (χ1v) is 10.9. The van der Waals surface area contributed by atoms with Crippen molar-refractivity contribution >= 4 is 51.6 Å². The van der Waals surface area contributed by atoms with Crippen molar-refractivity contribution in [2.45, 2.75) is 0 Å². The van der Waals surface area contributed by atoms with Gasteiger partial charge in [0.25, 0.3) is 0 Å². The summed E-state index contributed by atoms with van der Waals surface area (Å²) in [7, 11) is 15.9. The van der Waals surface area contributed by atoms with Gasteiger partial charge in [0, 0.05) is 50.7 Å². The summed E-state index contributed by atoms with van der Waals surface area (Å²) >= 11 is 0. The van der Waals surface area contributed by atoms with Crippen LogP contribution in [0, 0.1) is 0 Å². The van der Waals surface area contributed by atoms with Crippen molar-refractivity contribution in [1.82, 2.24) is 0 Å². The van der Waals surface area contributed by atoms with Gasteiger partial charge in [0.2, 0.25) is 0 Å². The molecule has 0 amide bonds. The maximum absolute atomic E-state index is 6.56. The molecule has 126 valence electrons. The third-order valence-corrected chi connectivity index (χ3v) is 7.42. The number of benzene rings is 2. The van der Waals surface area contributed by atoms with Crippen molar-refractivity contribution in [1.29, 1.82) is 0 Å². The summed E-state index contributed by atoms with van der Waals surface area (Å²) in [6, 6.07) is 16.8. The lowest BCUT2D eigenvalue weighted by molar-refractivity contribution is 1.13. The molecule has 0 radical (unpaired) electrons. The zero-order valence-corrected chi connectivity index (χ0v) is 16.5. The Labute approximate surface area is 154 Å². The molecule has 0 spiro atoms. The largest absolute Gasteiger partial charge is 0.378 e. The summed E-state index contributed by atoms with van der Waals surface area (Å²) in [4.78, 5) is 9.93. The van der Waals surface area contributed by atoms with E-state index in [0.717, 1.165) is 21.2 Å². The molecule has 0 aromatic heterocycles. The van der Waals surface area contributed by atoms with Gasteiger partial charge in [-0.2, -0.15) is 0 Å². The number of rotatable bonds is 4. The third kappa shape index (κ3) is 3.63. The van der Waals surface area contributed by atoms with Crippen LogP contribution in [0.4, 0.5) is 11.4 Å². The average Bonchev–Trinajstić information content (AvgIpc) is 2.97. The Morgan fingerprint density at radius 1 is 0.792 bits per heavy atom. The van der Waals surface area contributed by atoms with Gasteiger partial charge in [-0.05, 0) is 54.5 Å². The van der Waals surface area contributed by atoms with Crippen LogP contribution in [0.1, 0.15) is 11.1 Å². The van der Waals surface area contributed by atoms with Crippen LogP contribution in [0.2, 0.25) is 0 Å². The van der Waals surface area contributed by atoms with E-state index in [1.54, 1.807) is 10.8 Å². The molecule has 0 bridgehead atoms. The molecule has 0 fully saturated rings. The topological polar surface area (TPSA) is 18.8 Å². The monoisotopic (exact) mass is 377 g/mol. The molecule has 6 heteroatoms. The van der Waals surface area contributed by atoms with Crippen LogP contribution in [0.5, 0.6) is 0 Å². The van der Waals surface area contributed by atoms with Crippen molar-refractivity contribution in [3.63, 3.8) is 0 Å². The first-order valence-electron chi connectivity index (χ1n) is 7.56. The van der Waals surface area contributed by atoms with Crippen LogP contribution < -0.4 is 9.80 Å². The number of halogens is 1. The third-order valence-electron chi connectivity index (χ3n) is 3.77. The Morgan fingerprint density at radius 3 is 1.71 bits per heavy atom. The fraction of sp³-hybridized carbons (Fsp3) is 0.222. The van der Waals surface area contributed by atoms with Crippen LogP contribution in [0.3, 0.4) is 0 Å². The molecule has 0 saturated heterocycles. The molecule has 3 rings (SSSR count). The molecular weight excluding hydrogens is 358 g/mol. The Kier molecular flexibility index (Phi) is 5.23. The average molecular weight is 378 g/mol. The van der Waals surface area contributed by atoms with Gasteiger partial charge in [-0.25, -0.2) is 4.99 Å². The van der Waals surface area contributed by atoms with Crippen molar-refractivity contribution in [3.05, 3.63) is 59.7 Å². The van der Waals surface area contributed by atoms with E-state index in [1.165, 1.54) is 11.4 Å². The summed E-state index contributed by atoms with van der Waals surface area (Å²) in [5.74, 6) is 0. The zero-order chi connectivity index (χ0) is 17.3. The van der Waals surface area contributed by atoms with Crippen LogP contribution in [-0.2, 0) is 0 Å². The molecule has 2 aromatic carbocycles. The minimum absolute atomic E-state index is 0.446. The predicted octanol–water partition coefficient (Wildman–Crippen LogP) is 4.83. The molecule has 24 heavy (non-hydrogen) atoms. The highest BCUT2D eigenvalue weighted by Crippen LogP contribution is 2.46. The first-order chi connectivity index (χ1) is 11.5. The normalized spacial score (nSPS) is 17.0. The molecular formula is C18H20ClN3S2. The maximum atomic E-state index is 6.56. The summed E-state index contributed by atoms with van der Waals surface area (Å²) in [6.07, 6.45) is 0. The maximum Gasteiger partial charge on any atom is 0.120 e. The van der Waals surface area contributed by atoms with Gasteiger partial charge >= 0.3 is 0 Å². The lowest BCUT2D eigenvalue weighted by atomic mass is 10.2. The number of hydrogen-bond acceptors (Lipinski definition) is 4. The minimum atomic E-state index is -0.446. The Morgan fingerprint density at radius 2 is 1.25 bits per heavy atom. The molecule has 1 aliphatic heterocycles. The lowest BCUT2D eigenvalue weighted by Gasteiger charge is -2.12. The van der Waals surface area contributed by atoms with Gasteiger partial charge in [-0.3, -0.25) is 0 Å². The van der Waals surface area contributed by atoms with Crippen molar-refractivity contribution < 1.29 is 0 Å². The van der Waals surface area contributed by atoms with Gasteiger partial charge in [0.1, 0.15) is 10.0 Å². The molecule has 1 atom stereocenters. The van der Waals surface area contributed by atoms with Crippen LogP contribution in [0.15, 0.2) is 53.5 Å². The number of anilines is 2. The second-order valence-corrected chi connectivity index (χ2v) is 10.3. The number of hydrogen-bond donors (Lipinski definition) is 0. The van der Waals surface area contributed by atoms with E-state index in [-0.39, 0.29) is 0 Å². The smallest absolute Gasteiger partial charge is 0.120 e. The van der Waals surface area contributed by atoms with E-state index in [0.29, 0.717) is 0 Å². The zero-order valence-electron chi connectivity index (χ0n) is 14.2. The SMILES string of the molecule is CN(C)c1ccc(C2=NC(c3ccc(N(C)C)cc3)=S(Cl)S2)cc1. The molecule has 2 aromatic rings. The molecule has 0 saturated carbocycles. The van der Waals surface area contributed by atoms with E-state index < -0.39 is 8.73 Å².